The molecule has 0 atom stereocenters. The predicted molar refractivity (Wildman–Crippen MR) is 77.6 cm³/mol. The number of methoxy groups -OCH3 is 1. The number of halogens is 3. The Kier molecular flexibility index (Phi) is 4.52. The minimum absolute atomic E-state index is 0.0385. The normalized spacial score (nSPS) is 10.3. The Hall–Kier alpha value is -2.02. The Balaban J connectivity index is 2.41. The van der Waals surface area contributed by atoms with E-state index >= 15 is 0 Å². The molecule has 7 heteroatoms. The van der Waals surface area contributed by atoms with Crippen molar-refractivity contribution < 1.29 is 18.3 Å². The van der Waals surface area contributed by atoms with Crippen molar-refractivity contribution in [3.05, 3.63) is 52.1 Å². The van der Waals surface area contributed by atoms with Crippen LogP contribution in [0.25, 0.3) is 0 Å². The highest BCUT2D eigenvalue weighted by Gasteiger charge is 2.21. The molecular weight excluding hydrogens is 346 g/mol. The number of amides is 1. The van der Waals surface area contributed by atoms with Gasteiger partial charge in [-0.05, 0) is 34.1 Å². The molecule has 0 bridgehead atoms. The number of hydrogen-bond acceptors (Lipinski definition) is 3. The molecule has 4 nitrogen and oxygen atoms in total. The smallest absolute Gasteiger partial charge is 0.263 e. The Labute approximate surface area is 128 Å². The fraction of sp³-hybridized carbons (Fsp3) is 0.143. The average molecular weight is 357 g/mol. The van der Waals surface area contributed by atoms with Crippen LogP contribution in [0.3, 0.4) is 0 Å². The molecule has 0 fully saturated rings. The van der Waals surface area contributed by atoms with Crippen molar-refractivity contribution in [2.75, 3.05) is 19.1 Å². The number of ether oxygens (including phenoxy) is 1. The minimum atomic E-state index is -0.826. The molecule has 0 spiro atoms. The number of anilines is 1. The summed E-state index contributed by atoms with van der Waals surface area (Å²) in [4.78, 5) is 17.5. The van der Waals surface area contributed by atoms with E-state index in [-0.39, 0.29) is 17.1 Å². The molecule has 2 aromatic rings. The van der Waals surface area contributed by atoms with E-state index in [0.717, 1.165) is 17.0 Å². The van der Waals surface area contributed by atoms with Crippen LogP contribution < -0.4 is 9.64 Å². The van der Waals surface area contributed by atoms with Gasteiger partial charge in [-0.25, -0.2) is 13.8 Å². The van der Waals surface area contributed by atoms with E-state index < -0.39 is 17.5 Å². The van der Waals surface area contributed by atoms with E-state index in [0.29, 0.717) is 4.47 Å². The number of pyridine rings is 1. The van der Waals surface area contributed by atoms with Crippen molar-refractivity contribution in [1.82, 2.24) is 4.98 Å². The summed E-state index contributed by atoms with van der Waals surface area (Å²) in [5.41, 5.74) is 0.126. The van der Waals surface area contributed by atoms with Crippen molar-refractivity contribution in [3.8, 4) is 5.88 Å². The first-order valence-electron chi connectivity index (χ1n) is 5.86. The molecule has 0 saturated carbocycles. The van der Waals surface area contributed by atoms with Crippen LogP contribution in [0.4, 0.5) is 14.5 Å². The SMILES string of the molecule is COc1ncc(Br)cc1C(=O)N(C)c1ccc(F)cc1F. The zero-order chi connectivity index (χ0) is 15.6. The molecule has 2 rings (SSSR count). The lowest BCUT2D eigenvalue weighted by atomic mass is 10.2. The second-order valence-corrected chi connectivity index (χ2v) is 5.09. The number of benzene rings is 1. The van der Waals surface area contributed by atoms with Crippen LogP contribution in [0.2, 0.25) is 0 Å². The van der Waals surface area contributed by atoms with Gasteiger partial charge in [0.05, 0.1) is 12.8 Å². The van der Waals surface area contributed by atoms with Crippen LogP contribution in [-0.4, -0.2) is 25.0 Å². The molecule has 0 unspecified atom stereocenters. The third kappa shape index (κ3) is 3.18. The monoisotopic (exact) mass is 356 g/mol. The molecule has 0 aliphatic carbocycles. The van der Waals surface area contributed by atoms with Crippen LogP contribution in [0, 0.1) is 11.6 Å². The van der Waals surface area contributed by atoms with Crippen molar-refractivity contribution in [2.24, 2.45) is 0 Å². The van der Waals surface area contributed by atoms with Gasteiger partial charge in [0.1, 0.15) is 17.2 Å². The molecule has 0 aliphatic rings. The Morgan fingerprint density at radius 3 is 2.67 bits per heavy atom. The molecule has 110 valence electrons. The molecule has 0 N–H and O–H groups in total. The largest absolute Gasteiger partial charge is 0.480 e. The average Bonchev–Trinajstić information content (AvgIpc) is 2.45. The fourth-order valence-corrected chi connectivity index (χ4v) is 2.12. The van der Waals surface area contributed by atoms with Gasteiger partial charge < -0.3 is 9.64 Å². The summed E-state index contributed by atoms with van der Waals surface area (Å²) in [6.45, 7) is 0. The molecule has 0 saturated heterocycles. The van der Waals surface area contributed by atoms with Crippen LogP contribution in [0.1, 0.15) is 10.4 Å². The summed E-state index contributed by atoms with van der Waals surface area (Å²) in [5.74, 6) is -1.93. The predicted octanol–water partition coefficient (Wildman–Crippen LogP) is 3.41. The van der Waals surface area contributed by atoms with E-state index in [1.807, 2.05) is 0 Å². The van der Waals surface area contributed by atoms with Gasteiger partial charge in [0.2, 0.25) is 5.88 Å². The summed E-state index contributed by atoms with van der Waals surface area (Å²) in [7, 11) is 2.77. The van der Waals surface area contributed by atoms with E-state index in [4.69, 9.17) is 4.74 Å². The van der Waals surface area contributed by atoms with Gasteiger partial charge in [-0.2, -0.15) is 0 Å². The van der Waals surface area contributed by atoms with Crippen molar-refractivity contribution in [1.29, 1.82) is 0 Å². The highest BCUT2D eigenvalue weighted by atomic mass is 79.9. The van der Waals surface area contributed by atoms with Crippen LogP contribution in [-0.2, 0) is 0 Å². The Bertz CT molecular complexity index is 695. The van der Waals surface area contributed by atoms with Gasteiger partial charge in [-0.1, -0.05) is 0 Å². The van der Waals surface area contributed by atoms with E-state index in [9.17, 15) is 13.6 Å². The first-order valence-corrected chi connectivity index (χ1v) is 6.66. The quantitative estimate of drug-likeness (QED) is 0.846. The third-order valence-electron chi connectivity index (χ3n) is 2.82. The molecular formula is C14H11BrF2N2O2. The summed E-state index contributed by atoms with van der Waals surface area (Å²) in [6.07, 6.45) is 1.48. The summed E-state index contributed by atoms with van der Waals surface area (Å²) in [5, 5.41) is 0. The van der Waals surface area contributed by atoms with Gasteiger partial charge in [-0.3, -0.25) is 4.79 Å². The van der Waals surface area contributed by atoms with Gasteiger partial charge in [0, 0.05) is 23.8 Å². The van der Waals surface area contributed by atoms with E-state index in [1.165, 1.54) is 32.5 Å². The highest BCUT2D eigenvalue weighted by molar-refractivity contribution is 9.10. The molecule has 1 aromatic carbocycles. The second kappa shape index (κ2) is 6.17. The molecule has 21 heavy (non-hydrogen) atoms. The van der Waals surface area contributed by atoms with Crippen molar-refractivity contribution in [3.63, 3.8) is 0 Å². The van der Waals surface area contributed by atoms with Gasteiger partial charge in [0.15, 0.2) is 0 Å². The first kappa shape index (κ1) is 15.4. The molecule has 0 radical (unpaired) electrons. The maximum absolute atomic E-state index is 13.7. The molecule has 1 amide bonds. The topological polar surface area (TPSA) is 42.4 Å². The lowest BCUT2D eigenvalue weighted by Crippen LogP contribution is -2.27. The molecule has 1 heterocycles. The zero-order valence-electron chi connectivity index (χ0n) is 11.2. The summed E-state index contributed by atoms with van der Waals surface area (Å²) in [6, 6.07) is 4.51. The van der Waals surface area contributed by atoms with Crippen molar-refractivity contribution >= 4 is 27.5 Å². The van der Waals surface area contributed by atoms with Gasteiger partial charge in [0.25, 0.3) is 5.91 Å². The fourth-order valence-electron chi connectivity index (χ4n) is 1.79. The lowest BCUT2D eigenvalue weighted by molar-refractivity contribution is 0.0988. The minimum Gasteiger partial charge on any atom is -0.480 e. The zero-order valence-corrected chi connectivity index (χ0v) is 12.8. The maximum Gasteiger partial charge on any atom is 0.263 e. The van der Waals surface area contributed by atoms with Crippen molar-refractivity contribution in [2.45, 2.75) is 0 Å². The number of aromatic nitrogens is 1. The van der Waals surface area contributed by atoms with Crippen LogP contribution in [0.5, 0.6) is 5.88 Å². The van der Waals surface area contributed by atoms with Crippen LogP contribution in [0.15, 0.2) is 34.9 Å². The lowest BCUT2D eigenvalue weighted by Gasteiger charge is -2.19. The van der Waals surface area contributed by atoms with E-state index in [1.54, 1.807) is 0 Å². The Morgan fingerprint density at radius 1 is 1.33 bits per heavy atom. The number of carbonyl (C=O) groups excluding carboxylic acids is 1. The molecule has 0 aliphatic heterocycles. The maximum atomic E-state index is 13.7. The molecule has 1 aromatic heterocycles. The number of carbonyl (C=O) groups is 1. The highest BCUT2D eigenvalue weighted by Crippen LogP contribution is 2.25. The number of nitrogens with zero attached hydrogens (tertiary/aromatic N) is 2. The first-order chi connectivity index (χ1) is 9.93. The number of rotatable bonds is 3. The van der Waals surface area contributed by atoms with Gasteiger partial charge in [-0.15, -0.1) is 0 Å². The van der Waals surface area contributed by atoms with E-state index in [2.05, 4.69) is 20.9 Å². The Morgan fingerprint density at radius 2 is 2.05 bits per heavy atom. The standard InChI is InChI=1S/C14H11BrF2N2O2/c1-19(12-4-3-9(16)6-11(12)17)14(20)10-5-8(15)7-18-13(10)21-2/h3-7H,1-2H3. The number of hydrogen-bond donors (Lipinski definition) is 0. The van der Waals surface area contributed by atoms with Crippen LogP contribution >= 0.6 is 15.9 Å². The summed E-state index contributed by atoms with van der Waals surface area (Å²) >= 11 is 3.21. The third-order valence-corrected chi connectivity index (χ3v) is 3.25. The second-order valence-electron chi connectivity index (χ2n) is 4.17. The summed E-state index contributed by atoms with van der Waals surface area (Å²) < 4.78 is 32.3. The van der Waals surface area contributed by atoms with Gasteiger partial charge >= 0.3 is 0 Å².